The molecule has 0 unspecified atom stereocenters. The van der Waals surface area contributed by atoms with Crippen molar-refractivity contribution in [3.05, 3.63) is 53.1 Å². The van der Waals surface area contributed by atoms with Gasteiger partial charge in [-0.3, -0.25) is 4.72 Å². The molecule has 0 heterocycles. The van der Waals surface area contributed by atoms with Crippen LogP contribution in [0.5, 0.6) is 0 Å². The second-order valence-corrected chi connectivity index (χ2v) is 8.49. The number of nitrogens with two attached hydrogens (primary N) is 1. The van der Waals surface area contributed by atoms with Crippen LogP contribution in [0, 0.1) is 20.8 Å². The predicted molar refractivity (Wildman–Crippen MR) is 97.7 cm³/mol. The molecule has 0 spiro atoms. The summed E-state index contributed by atoms with van der Waals surface area (Å²) in [5, 5.41) is 0. The summed E-state index contributed by atoms with van der Waals surface area (Å²) in [7, 11) is -3.38. The van der Waals surface area contributed by atoms with E-state index in [0.29, 0.717) is 5.69 Å². The van der Waals surface area contributed by atoms with Crippen molar-refractivity contribution in [1.82, 2.24) is 0 Å². The van der Waals surface area contributed by atoms with Crippen LogP contribution < -0.4 is 10.5 Å². The summed E-state index contributed by atoms with van der Waals surface area (Å²) in [4.78, 5) is 2.31. The summed E-state index contributed by atoms with van der Waals surface area (Å²) in [5.74, 6) is -0.0784. The lowest BCUT2D eigenvalue weighted by Gasteiger charge is -2.14. The minimum Gasteiger partial charge on any atom is -0.329 e. The molecule has 4 nitrogen and oxygen atoms in total. The van der Waals surface area contributed by atoms with Crippen LogP contribution in [0.25, 0.3) is 0 Å². The fraction of sp³-hybridized carbons (Fsp3) is 0.294. The molecule has 0 radical (unpaired) electrons. The van der Waals surface area contributed by atoms with E-state index in [9.17, 15) is 8.42 Å². The molecule has 0 aliphatic rings. The van der Waals surface area contributed by atoms with Gasteiger partial charge in [-0.2, -0.15) is 0 Å². The van der Waals surface area contributed by atoms with Crippen molar-refractivity contribution in [3.63, 3.8) is 0 Å². The van der Waals surface area contributed by atoms with E-state index in [1.807, 2.05) is 26.0 Å². The molecule has 0 aliphatic heterocycles. The van der Waals surface area contributed by atoms with Crippen molar-refractivity contribution in [2.24, 2.45) is 5.73 Å². The van der Waals surface area contributed by atoms with Crippen LogP contribution in [-0.2, 0) is 10.0 Å². The molecular weight excluding hydrogens is 328 g/mol. The molecule has 2 rings (SSSR count). The maximum Gasteiger partial charge on any atom is 0.233 e. The highest BCUT2D eigenvalue weighted by Gasteiger charge is 2.12. The van der Waals surface area contributed by atoms with Gasteiger partial charge in [0.1, 0.15) is 0 Å². The van der Waals surface area contributed by atoms with Crippen LogP contribution in [0.4, 0.5) is 5.69 Å². The molecule has 6 heteroatoms. The lowest BCUT2D eigenvalue weighted by molar-refractivity contribution is 0.601. The van der Waals surface area contributed by atoms with Gasteiger partial charge in [0.2, 0.25) is 10.0 Å². The third kappa shape index (κ3) is 4.99. The Morgan fingerprint density at radius 1 is 1.04 bits per heavy atom. The van der Waals surface area contributed by atoms with E-state index in [2.05, 4.69) is 35.9 Å². The van der Waals surface area contributed by atoms with Crippen LogP contribution in [0.3, 0.4) is 0 Å². The Labute approximate surface area is 142 Å². The molecule has 0 aromatic heterocycles. The van der Waals surface area contributed by atoms with Crippen molar-refractivity contribution in [2.75, 3.05) is 17.0 Å². The van der Waals surface area contributed by atoms with E-state index in [1.54, 1.807) is 11.8 Å². The molecule has 0 atom stereocenters. The summed E-state index contributed by atoms with van der Waals surface area (Å²) in [6.45, 7) is 6.15. The van der Waals surface area contributed by atoms with Gasteiger partial charge in [0.05, 0.1) is 5.75 Å². The Morgan fingerprint density at radius 2 is 1.61 bits per heavy atom. The van der Waals surface area contributed by atoms with Crippen molar-refractivity contribution in [1.29, 1.82) is 0 Å². The largest absolute Gasteiger partial charge is 0.329 e. The summed E-state index contributed by atoms with van der Waals surface area (Å²) < 4.78 is 26.3. The number of hydrogen-bond acceptors (Lipinski definition) is 4. The Bertz CT molecular complexity index is 762. The van der Waals surface area contributed by atoms with Crippen LogP contribution in [0.2, 0.25) is 0 Å². The quantitative estimate of drug-likeness (QED) is 0.837. The topological polar surface area (TPSA) is 72.2 Å². The van der Waals surface area contributed by atoms with Gasteiger partial charge in [-0.05, 0) is 56.2 Å². The summed E-state index contributed by atoms with van der Waals surface area (Å²) in [6, 6.07) is 12.1. The Hall–Kier alpha value is -1.50. The number of hydrogen-bond donors (Lipinski definition) is 2. The van der Waals surface area contributed by atoms with Gasteiger partial charge in [-0.15, -0.1) is 0 Å². The summed E-state index contributed by atoms with van der Waals surface area (Å²) >= 11 is 1.69. The van der Waals surface area contributed by atoms with E-state index < -0.39 is 10.0 Å². The van der Waals surface area contributed by atoms with Gasteiger partial charge < -0.3 is 5.73 Å². The number of benzene rings is 2. The van der Waals surface area contributed by atoms with E-state index in [-0.39, 0.29) is 12.3 Å². The second kappa shape index (κ2) is 7.38. The molecular formula is C17H22N2O2S2. The maximum atomic E-state index is 11.8. The third-order valence-electron chi connectivity index (χ3n) is 3.36. The van der Waals surface area contributed by atoms with E-state index in [1.165, 1.54) is 10.5 Å². The first-order valence-corrected chi connectivity index (χ1v) is 9.84. The lowest BCUT2D eigenvalue weighted by Crippen LogP contribution is -2.22. The number of nitrogens with one attached hydrogen (secondary N) is 1. The summed E-state index contributed by atoms with van der Waals surface area (Å²) in [6.07, 6.45) is 0. The Morgan fingerprint density at radius 3 is 2.13 bits per heavy atom. The molecule has 3 N–H and O–H groups in total. The molecule has 2 aromatic rings. The van der Waals surface area contributed by atoms with E-state index in [4.69, 9.17) is 5.73 Å². The zero-order valence-corrected chi connectivity index (χ0v) is 15.2. The van der Waals surface area contributed by atoms with Gasteiger partial charge >= 0.3 is 0 Å². The fourth-order valence-corrected chi connectivity index (χ4v) is 4.12. The highest BCUT2D eigenvalue weighted by atomic mass is 32.2. The highest BCUT2D eigenvalue weighted by Crippen LogP contribution is 2.35. The van der Waals surface area contributed by atoms with Crippen LogP contribution in [0.1, 0.15) is 16.7 Å². The smallest absolute Gasteiger partial charge is 0.233 e. The first kappa shape index (κ1) is 17.8. The molecule has 2 aromatic carbocycles. The average Bonchev–Trinajstić information content (AvgIpc) is 2.44. The minimum atomic E-state index is -3.38. The van der Waals surface area contributed by atoms with E-state index >= 15 is 0 Å². The molecule has 23 heavy (non-hydrogen) atoms. The highest BCUT2D eigenvalue weighted by molar-refractivity contribution is 7.99. The summed E-state index contributed by atoms with van der Waals surface area (Å²) in [5.41, 5.74) is 9.23. The molecule has 0 amide bonds. The normalized spacial score (nSPS) is 11.5. The van der Waals surface area contributed by atoms with Gasteiger partial charge in [-0.1, -0.05) is 29.5 Å². The predicted octanol–water partition coefficient (Wildman–Crippen LogP) is 3.46. The molecule has 0 saturated heterocycles. The molecule has 0 aliphatic carbocycles. The fourth-order valence-electron chi connectivity index (χ4n) is 2.28. The second-order valence-electron chi connectivity index (χ2n) is 5.56. The van der Waals surface area contributed by atoms with Crippen molar-refractivity contribution in [3.8, 4) is 0 Å². The van der Waals surface area contributed by atoms with Gasteiger partial charge in [0.15, 0.2) is 0 Å². The zero-order valence-electron chi connectivity index (χ0n) is 13.6. The third-order valence-corrected chi connectivity index (χ3v) is 6.04. The maximum absolute atomic E-state index is 11.8. The molecule has 0 fully saturated rings. The lowest BCUT2D eigenvalue weighted by atomic mass is 10.1. The number of aryl methyl sites for hydroxylation is 3. The van der Waals surface area contributed by atoms with Crippen LogP contribution in [-0.4, -0.2) is 20.7 Å². The standard InChI is InChI=1S/C17H22N2O2S2/c1-12-4-6-16(7-5-12)22-17-13(2)10-15(11-14(17)3)19-23(20,21)9-8-18/h4-7,10-11,19H,8-9,18H2,1-3H3. The van der Waals surface area contributed by atoms with Gasteiger partial charge in [0.25, 0.3) is 0 Å². The van der Waals surface area contributed by atoms with E-state index in [0.717, 1.165) is 16.0 Å². The zero-order chi connectivity index (χ0) is 17.0. The minimum absolute atomic E-state index is 0.0784. The molecule has 124 valence electrons. The molecule has 0 bridgehead atoms. The SMILES string of the molecule is Cc1ccc(Sc2c(C)cc(NS(=O)(=O)CCN)cc2C)cc1. The number of sulfonamides is 1. The number of anilines is 1. The van der Waals surface area contributed by atoms with Crippen molar-refractivity contribution in [2.45, 2.75) is 30.6 Å². The van der Waals surface area contributed by atoms with Crippen molar-refractivity contribution < 1.29 is 8.42 Å². The van der Waals surface area contributed by atoms with Crippen LogP contribution in [0.15, 0.2) is 46.2 Å². The van der Waals surface area contributed by atoms with Crippen LogP contribution >= 0.6 is 11.8 Å². The first-order valence-electron chi connectivity index (χ1n) is 7.37. The Kier molecular flexibility index (Phi) is 5.73. The van der Waals surface area contributed by atoms with Crippen molar-refractivity contribution >= 4 is 27.5 Å². The average molecular weight is 351 g/mol. The van der Waals surface area contributed by atoms with Gasteiger partial charge in [-0.25, -0.2) is 8.42 Å². The Balaban J connectivity index is 2.25. The first-order chi connectivity index (χ1) is 10.8. The van der Waals surface area contributed by atoms with Gasteiger partial charge in [0, 0.05) is 22.0 Å². The number of rotatable bonds is 6. The monoisotopic (exact) mass is 350 g/mol. The molecule has 0 saturated carbocycles.